The summed E-state index contributed by atoms with van der Waals surface area (Å²) >= 11 is 0. The molecule has 3 atom stereocenters. The van der Waals surface area contributed by atoms with Gasteiger partial charge in [-0.15, -0.1) is 0 Å². The molecule has 1 saturated heterocycles. The second-order valence-electron chi connectivity index (χ2n) is 8.62. The normalized spacial score (nSPS) is 26.3. The summed E-state index contributed by atoms with van der Waals surface area (Å²) in [5.41, 5.74) is 2.37. The Morgan fingerprint density at radius 1 is 1.19 bits per heavy atom. The van der Waals surface area contributed by atoms with Crippen LogP contribution in [0.3, 0.4) is 0 Å². The standard InChI is InChI=1S/C23H22FN5O2/c1-13-9-29-20-15(8-23(10-25-12-26-11-23)22(29)14(2)30-13)7-16-19(17-5-3-4-6-27-17)28-31-21(16)18(20)24/h3-7,10-11,13-14,22H,8-9,12H2,1-2H3/t13-,14+,22-/m0/s1. The summed E-state index contributed by atoms with van der Waals surface area (Å²) in [7, 11) is 0. The molecule has 7 nitrogen and oxygen atoms in total. The van der Waals surface area contributed by atoms with Crippen molar-refractivity contribution in [1.82, 2.24) is 10.1 Å². The van der Waals surface area contributed by atoms with Crippen molar-refractivity contribution in [2.45, 2.75) is 38.5 Å². The van der Waals surface area contributed by atoms with Gasteiger partial charge in [0, 0.05) is 25.2 Å². The molecule has 1 aromatic carbocycles. The van der Waals surface area contributed by atoms with Crippen LogP contribution in [0.5, 0.6) is 0 Å². The van der Waals surface area contributed by atoms with E-state index in [4.69, 9.17) is 9.26 Å². The Morgan fingerprint density at radius 3 is 2.81 bits per heavy atom. The van der Waals surface area contributed by atoms with Crippen molar-refractivity contribution in [3.8, 4) is 11.4 Å². The van der Waals surface area contributed by atoms with Crippen LogP contribution in [0, 0.1) is 11.2 Å². The van der Waals surface area contributed by atoms with Gasteiger partial charge in [-0.2, -0.15) is 0 Å². The Balaban J connectivity index is 1.59. The van der Waals surface area contributed by atoms with E-state index in [0.29, 0.717) is 42.1 Å². The summed E-state index contributed by atoms with van der Waals surface area (Å²) in [4.78, 5) is 15.4. The fourth-order valence-electron chi connectivity index (χ4n) is 5.48. The molecular formula is C23H22FN5O2. The molecule has 0 aliphatic carbocycles. The average molecular weight is 419 g/mol. The van der Waals surface area contributed by atoms with Gasteiger partial charge in [0.1, 0.15) is 12.4 Å². The minimum Gasteiger partial charge on any atom is -0.372 e. The van der Waals surface area contributed by atoms with Gasteiger partial charge in [-0.05, 0) is 44.0 Å². The quantitative estimate of drug-likeness (QED) is 0.602. The molecule has 0 amide bonds. The van der Waals surface area contributed by atoms with E-state index >= 15 is 4.39 Å². The Morgan fingerprint density at radius 2 is 2.03 bits per heavy atom. The number of fused-ring (bicyclic) bond motifs is 5. The van der Waals surface area contributed by atoms with Gasteiger partial charge in [0.2, 0.25) is 5.58 Å². The van der Waals surface area contributed by atoms with Crippen molar-refractivity contribution >= 4 is 29.1 Å². The maximum atomic E-state index is 16.0. The molecular weight excluding hydrogens is 397 g/mol. The van der Waals surface area contributed by atoms with Gasteiger partial charge in [-0.1, -0.05) is 11.2 Å². The second kappa shape index (κ2) is 6.68. The number of halogens is 1. The predicted molar refractivity (Wildman–Crippen MR) is 116 cm³/mol. The molecule has 0 N–H and O–H groups in total. The van der Waals surface area contributed by atoms with Crippen LogP contribution in [-0.4, -0.2) is 54.0 Å². The molecule has 158 valence electrons. The third-order valence-electron chi connectivity index (χ3n) is 6.51. The van der Waals surface area contributed by atoms with Crippen molar-refractivity contribution in [2.75, 3.05) is 18.1 Å². The van der Waals surface area contributed by atoms with Gasteiger partial charge in [-0.3, -0.25) is 15.0 Å². The first kappa shape index (κ1) is 18.6. The van der Waals surface area contributed by atoms with Crippen LogP contribution in [0.25, 0.3) is 22.4 Å². The number of morpholine rings is 1. The molecule has 0 saturated carbocycles. The zero-order valence-corrected chi connectivity index (χ0v) is 17.3. The predicted octanol–water partition coefficient (Wildman–Crippen LogP) is 3.67. The molecule has 0 unspecified atom stereocenters. The molecule has 2 aromatic heterocycles. The average Bonchev–Trinajstić information content (AvgIpc) is 3.18. The highest BCUT2D eigenvalue weighted by atomic mass is 19.1. The monoisotopic (exact) mass is 419 g/mol. The lowest BCUT2D eigenvalue weighted by molar-refractivity contribution is -0.0432. The van der Waals surface area contributed by atoms with Crippen molar-refractivity contribution in [1.29, 1.82) is 0 Å². The summed E-state index contributed by atoms with van der Waals surface area (Å²) in [6, 6.07) is 7.45. The lowest BCUT2D eigenvalue weighted by atomic mass is 9.69. The molecule has 8 heteroatoms. The first-order valence-electron chi connectivity index (χ1n) is 10.5. The van der Waals surface area contributed by atoms with E-state index in [1.54, 1.807) is 6.20 Å². The van der Waals surface area contributed by atoms with Gasteiger partial charge in [0.15, 0.2) is 5.82 Å². The molecule has 1 fully saturated rings. The summed E-state index contributed by atoms with van der Waals surface area (Å²) in [6.45, 7) is 5.06. The smallest absolute Gasteiger partial charge is 0.205 e. The fraction of sp³-hybridized carbons (Fsp3) is 0.391. The summed E-state index contributed by atoms with van der Waals surface area (Å²) in [5.74, 6) is -0.381. The van der Waals surface area contributed by atoms with E-state index in [0.717, 1.165) is 5.56 Å². The van der Waals surface area contributed by atoms with Gasteiger partial charge in [0.05, 0.1) is 40.4 Å². The molecule has 6 rings (SSSR count). The van der Waals surface area contributed by atoms with Crippen LogP contribution < -0.4 is 4.90 Å². The van der Waals surface area contributed by atoms with Crippen LogP contribution in [0.4, 0.5) is 10.1 Å². The number of rotatable bonds is 1. The summed E-state index contributed by atoms with van der Waals surface area (Å²) < 4.78 is 27.6. The number of pyridine rings is 1. The highest BCUT2D eigenvalue weighted by Crippen LogP contribution is 2.48. The van der Waals surface area contributed by atoms with Gasteiger partial charge < -0.3 is 14.2 Å². The second-order valence-corrected chi connectivity index (χ2v) is 8.62. The Hall–Kier alpha value is -3.13. The topological polar surface area (TPSA) is 76.1 Å². The number of hydrogen-bond acceptors (Lipinski definition) is 7. The van der Waals surface area contributed by atoms with E-state index in [-0.39, 0.29) is 29.7 Å². The van der Waals surface area contributed by atoms with Crippen LogP contribution in [-0.2, 0) is 11.2 Å². The Labute approximate surface area is 178 Å². The van der Waals surface area contributed by atoms with E-state index in [2.05, 4.69) is 25.0 Å². The molecule has 0 radical (unpaired) electrons. The highest BCUT2D eigenvalue weighted by Gasteiger charge is 2.52. The van der Waals surface area contributed by atoms with E-state index in [9.17, 15) is 0 Å². The van der Waals surface area contributed by atoms with Gasteiger partial charge in [-0.25, -0.2) is 4.39 Å². The third-order valence-corrected chi connectivity index (χ3v) is 6.51. The summed E-state index contributed by atoms with van der Waals surface area (Å²) in [6.07, 6.45) is 6.09. The SMILES string of the molecule is C[C@H]1CN2c3c(cc4c(-c5ccccn5)noc4c3F)CC3(C=NCN=C3)[C@@H]2[C@@H](C)O1. The molecule has 31 heavy (non-hydrogen) atoms. The van der Waals surface area contributed by atoms with Gasteiger partial charge >= 0.3 is 0 Å². The zero-order chi connectivity index (χ0) is 21.2. The number of anilines is 1. The van der Waals surface area contributed by atoms with Crippen molar-refractivity contribution < 1.29 is 13.7 Å². The molecule has 5 heterocycles. The number of aromatic nitrogens is 2. The van der Waals surface area contributed by atoms with Crippen molar-refractivity contribution in [3.63, 3.8) is 0 Å². The van der Waals surface area contributed by atoms with E-state index in [1.807, 2.05) is 50.5 Å². The Kier molecular flexibility index (Phi) is 4.02. The maximum absolute atomic E-state index is 16.0. The minimum atomic E-state index is -0.451. The van der Waals surface area contributed by atoms with Crippen LogP contribution in [0.2, 0.25) is 0 Å². The zero-order valence-electron chi connectivity index (χ0n) is 17.3. The highest BCUT2D eigenvalue weighted by molar-refractivity contribution is 5.98. The number of aliphatic imine (C=N–C) groups is 2. The number of hydrogen-bond donors (Lipinski definition) is 0. The number of benzene rings is 1. The fourth-order valence-corrected chi connectivity index (χ4v) is 5.48. The van der Waals surface area contributed by atoms with Crippen LogP contribution in [0.1, 0.15) is 19.4 Å². The lowest BCUT2D eigenvalue weighted by Gasteiger charge is -2.54. The molecule has 3 aliphatic heterocycles. The molecule has 0 bridgehead atoms. The van der Waals surface area contributed by atoms with Crippen LogP contribution >= 0.6 is 0 Å². The first-order valence-corrected chi connectivity index (χ1v) is 10.5. The van der Waals surface area contributed by atoms with Crippen molar-refractivity contribution in [3.05, 3.63) is 41.8 Å². The molecule has 1 spiro atoms. The first-order chi connectivity index (χ1) is 15.1. The number of nitrogens with zero attached hydrogens (tertiary/aromatic N) is 5. The van der Waals surface area contributed by atoms with E-state index in [1.165, 1.54) is 0 Å². The maximum Gasteiger partial charge on any atom is 0.205 e. The Bertz CT molecular complexity index is 1210. The lowest BCUT2D eigenvalue weighted by Crippen LogP contribution is -2.65. The molecule has 3 aliphatic rings. The van der Waals surface area contributed by atoms with Gasteiger partial charge in [0.25, 0.3) is 0 Å². The van der Waals surface area contributed by atoms with Crippen molar-refractivity contribution in [2.24, 2.45) is 15.4 Å². The largest absolute Gasteiger partial charge is 0.372 e. The third kappa shape index (κ3) is 2.67. The summed E-state index contributed by atoms with van der Waals surface area (Å²) in [5, 5.41) is 4.79. The van der Waals surface area contributed by atoms with E-state index < -0.39 is 5.41 Å². The van der Waals surface area contributed by atoms with Crippen LogP contribution in [0.15, 0.2) is 45.0 Å². The minimum absolute atomic E-state index is 0.0272. The number of ether oxygens (including phenoxy) is 1. The molecule has 3 aromatic rings.